The van der Waals surface area contributed by atoms with Crippen LogP contribution in [-0.2, 0) is 6.54 Å². The van der Waals surface area contributed by atoms with Gasteiger partial charge in [0.25, 0.3) is 0 Å². The van der Waals surface area contributed by atoms with Crippen molar-refractivity contribution in [2.24, 2.45) is 0 Å². The van der Waals surface area contributed by atoms with Crippen LogP contribution in [0, 0.1) is 0 Å². The van der Waals surface area contributed by atoms with Crippen molar-refractivity contribution in [2.45, 2.75) is 19.9 Å². The summed E-state index contributed by atoms with van der Waals surface area (Å²) in [7, 11) is 0. The molecule has 96 valence electrons. The number of benzene rings is 1. The van der Waals surface area contributed by atoms with Crippen molar-refractivity contribution < 1.29 is 0 Å². The molecule has 0 aliphatic carbocycles. The van der Waals surface area contributed by atoms with Crippen LogP contribution in [0.4, 0.5) is 0 Å². The fourth-order valence-corrected chi connectivity index (χ4v) is 2.01. The van der Waals surface area contributed by atoms with Gasteiger partial charge in [0.1, 0.15) is 0 Å². The number of nitrogens with one attached hydrogen (secondary N) is 1. The lowest BCUT2D eigenvalue weighted by molar-refractivity contribution is 0.662. The van der Waals surface area contributed by atoms with E-state index in [9.17, 15) is 0 Å². The maximum absolute atomic E-state index is 5.96. The number of nitrogens with zero attached hydrogens (tertiary/aromatic N) is 3. The first kappa shape index (κ1) is 13.5. The second-order valence-electron chi connectivity index (χ2n) is 3.93. The topological polar surface area (TPSA) is 42.7 Å². The first-order valence-corrected chi connectivity index (χ1v) is 6.95. The van der Waals surface area contributed by atoms with Gasteiger partial charge in [-0.2, -0.15) is 0 Å². The molecule has 0 unspecified atom stereocenters. The highest BCUT2D eigenvalue weighted by atomic mass is 79.9. The van der Waals surface area contributed by atoms with Gasteiger partial charge in [0, 0.05) is 11.0 Å². The fraction of sp³-hybridized carbons (Fsp3) is 0.333. The molecular formula is C12H14BrClN4. The lowest BCUT2D eigenvalue weighted by Gasteiger charge is -2.02. The second-order valence-corrected chi connectivity index (χ2v) is 5.19. The zero-order valence-electron chi connectivity index (χ0n) is 10.0. The van der Waals surface area contributed by atoms with Gasteiger partial charge in [-0.1, -0.05) is 23.7 Å². The summed E-state index contributed by atoms with van der Waals surface area (Å²) in [6.45, 7) is 3.86. The molecule has 1 heterocycles. The molecule has 0 saturated heterocycles. The molecule has 0 saturated carbocycles. The third-order valence-corrected chi connectivity index (χ3v) is 3.66. The van der Waals surface area contributed by atoms with E-state index in [0.29, 0.717) is 5.02 Å². The van der Waals surface area contributed by atoms with Crippen LogP contribution < -0.4 is 5.32 Å². The maximum atomic E-state index is 5.96. The third-order valence-electron chi connectivity index (χ3n) is 2.44. The Hall–Kier alpha value is -0.910. The summed E-state index contributed by atoms with van der Waals surface area (Å²) < 4.78 is 2.59. The van der Waals surface area contributed by atoms with Crippen molar-refractivity contribution in [1.82, 2.24) is 20.3 Å². The van der Waals surface area contributed by atoms with E-state index in [1.807, 2.05) is 24.4 Å². The Morgan fingerprint density at radius 2 is 2.28 bits per heavy atom. The molecular weight excluding hydrogens is 316 g/mol. The highest BCUT2D eigenvalue weighted by molar-refractivity contribution is 9.10. The summed E-state index contributed by atoms with van der Waals surface area (Å²) in [5.41, 5.74) is 1.86. The average molecular weight is 330 g/mol. The molecule has 0 spiro atoms. The van der Waals surface area contributed by atoms with Crippen LogP contribution in [0.15, 0.2) is 28.9 Å². The number of rotatable bonds is 5. The lowest BCUT2D eigenvalue weighted by atomic mass is 10.3. The first-order valence-electron chi connectivity index (χ1n) is 5.78. The van der Waals surface area contributed by atoms with Gasteiger partial charge in [0.05, 0.1) is 22.6 Å². The van der Waals surface area contributed by atoms with E-state index in [1.165, 1.54) is 0 Å². The molecule has 1 N–H and O–H groups in total. The maximum Gasteiger partial charge on any atom is 0.0969 e. The first-order chi connectivity index (χ1) is 8.70. The third kappa shape index (κ3) is 3.31. The van der Waals surface area contributed by atoms with E-state index in [1.54, 1.807) is 4.68 Å². The Morgan fingerprint density at radius 1 is 1.44 bits per heavy atom. The smallest absolute Gasteiger partial charge is 0.0969 e. The van der Waals surface area contributed by atoms with E-state index in [4.69, 9.17) is 11.6 Å². The van der Waals surface area contributed by atoms with E-state index in [-0.39, 0.29) is 0 Å². The number of hydrogen-bond acceptors (Lipinski definition) is 3. The van der Waals surface area contributed by atoms with Crippen molar-refractivity contribution in [3.05, 3.63) is 39.6 Å². The summed E-state index contributed by atoms with van der Waals surface area (Å²) in [4.78, 5) is 0. The minimum atomic E-state index is 0.684. The largest absolute Gasteiger partial charge is 0.311 e. The summed E-state index contributed by atoms with van der Waals surface area (Å²) in [6.07, 6.45) is 3.02. The van der Waals surface area contributed by atoms with Crippen molar-refractivity contribution in [3.8, 4) is 5.69 Å². The molecule has 6 heteroatoms. The van der Waals surface area contributed by atoms with Gasteiger partial charge in [-0.3, -0.25) is 0 Å². The normalized spacial score (nSPS) is 10.8. The van der Waals surface area contributed by atoms with Gasteiger partial charge in [-0.15, -0.1) is 5.10 Å². The summed E-state index contributed by atoms with van der Waals surface area (Å²) >= 11 is 9.35. The Bertz CT molecular complexity index is 527. The fourth-order valence-electron chi connectivity index (χ4n) is 1.53. The molecule has 0 atom stereocenters. The zero-order chi connectivity index (χ0) is 13.0. The molecule has 1 aromatic carbocycles. The van der Waals surface area contributed by atoms with E-state index >= 15 is 0 Å². The summed E-state index contributed by atoms with van der Waals surface area (Å²) in [6, 6.07) is 5.66. The summed E-state index contributed by atoms with van der Waals surface area (Å²) in [5, 5.41) is 12.2. The lowest BCUT2D eigenvalue weighted by Crippen LogP contribution is -2.13. The van der Waals surface area contributed by atoms with E-state index in [2.05, 4.69) is 38.5 Å². The monoisotopic (exact) mass is 328 g/mol. The molecule has 2 rings (SSSR count). The van der Waals surface area contributed by atoms with Crippen molar-refractivity contribution in [1.29, 1.82) is 0 Å². The molecule has 0 fully saturated rings. The van der Waals surface area contributed by atoms with E-state index in [0.717, 1.165) is 35.4 Å². The highest BCUT2D eigenvalue weighted by Crippen LogP contribution is 2.24. The number of aromatic nitrogens is 3. The molecule has 0 bridgehead atoms. The molecule has 1 aromatic heterocycles. The van der Waals surface area contributed by atoms with Crippen LogP contribution in [0.25, 0.3) is 5.69 Å². The Morgan fingerprint density at radius 3 is 3.00 bits per heavy atom. The van der Waals surface area contributed by atoms with Gasteiger partial charge < -0.3 is 5.32 Å². The molecule has 0 radical (unpaired) electrons. The molecule has 0 amide bonds. The molecule has 0 aliphatic heterocycles. The predicted molar refractivity (Wildman–Crippen MR) is 76.1 cm³/mol. The molecule has 2 aromatic rings. The van der Waals surface area contributed by atoms with Crippen LogP contribution in [0.3, 0.4) is 0 Å². The zero-order valence-corrected chi connectivity index (χ0v) is 12.4. The van der Waals surface area contributed by atoms with Crippen LogP contribution in [0.1, 0.15) is 19.0 Å². The van der Waals surface area contributed by atoms with Gasteiger partial charge in [0.15, 0.2) is 0 Å². The SMILES string of the molecule is CCCNCc1cn(-c2ccc(Cl)c(Br)c2)nn1. The van der Waals surface area contributed by atoms with E-state index < -0.39 is 0 Å². The van der Waals surface area contributed by atoms with Gasteiger partial charge in [-0.05, 0) is 47.1 Å². The number of hydrogen-bond donors (Lipinski definition) is 1. The van der Waals surface area contributed by atoms with Gasteiger partial charge in [-0.25, -0.2) is 4.68 Å². The molecule has 18 heavy (non-hydrogen) atoms. The average Bonchev–Trinajstić information content (AvgIpc) is 2.82. The van der Waals surface area contributed by atoms with Crippen LogP contribution in [0.2, 0.25) is 5.02 Å². The Balaban J connectivity index is 2.11. The van der Waals surface area contributed by atoms with Crippen molar-refractivity contribution >= 4 is 27.5 Å². The standard InChI is InChI=1S/C12H14BrClN4/c1-2-5-15-7-9-8-18(17-16-9)10-3-4-12(14)11(13)6-10/h3-4,6,8,15H,2,5,7H2,1H3. The van der Waals surface area contributed by atoms with Crippen LogP contribution in [-0.4, -0.2) is 21.5 Å². The highest BCUT2D eigenvalue weighted by Gasteiger charge is 2.04. The minimum absolute atomic E-state index is 0.684. The second kappa shape index (κ2) is 6.31. The quantitative estimate of drug-likeness (QED) is 0.857. The van der Waals surface area contributed by atoms with Crippen molar-refractivity contribution in [3.63, 3.8) is 0 Å². The van der Waals surface area contributed by atoms with Crippen LogP contribution in [0.5, 0.6) is 0 Å². The van der Waals surface area contributed by atoms with Gasteiger partial charge in [0.2, 0.25) is 0 Å². The Labute approximate surface area is 119 Å². The van der Waals surface area contributed by atoms with Gasteiger partial charge >= 0.3 is 0 Å². The van der Waals surface area contributed by atoms with Crippen molar-refractivity contribution in [2.75, 3.05) is 6.54 Å². The minimum Gasteiger partial charge on any atom is -0.311 e. The molecule has 4 nitrogen and oxygen atoms in total. The molecule has 0 aliphatic rings. The predicted octanol–water partition coefficient (Wildman–Crippen LogP) is 3.18. The summed E-state index contributed by atoms with van der Waals surface area (Å²) in [5.74, 6) is 0. The number of halogens is 2. The van der Waals surface area contributed by atoms with Crippen LogP contribution >= 0.6 is 27.5 Å². The Kier molecular flexibility index (Phi) is 4.74.